The van der Waals surface area contributed by atoms with Crippen molar-refractivity contribution in [2.75, 3.05) is 52.6 Å². The minimum atomic E-state index is -0.850. The van der Waals surface area contributed by atoms with E-state index >= 15 is 0 Å². The fraction of sp³-hybridized carbons (Fsp3) is 0.480. The molecule has 2 aliphatic rings. The Kier molecular flexibility index (Phi) is 7.63. The average Bonchev–Trinajstić information content (AvgIpc) is 2.83. The third-order valence-corrected chi connectivity index (χ3v) is 5.94. The van der Waals surface area contributed by atoms with Gasteiger partial charge in [-0.2, -0.15) is 0 Å². The molecule has 1 amide bonds. The second kappa shape index (κ2) is 10.8. The number of piperidine rings is 1. The van der Waals surface area contributed by atoms with Gasteiger partial charge < -0.3 is 24.2 Å². The van der Waals surface area contributed by atoms with Crippen LogP contribution in [0.15, 0.2) is 54.6 Å². The number of amides is 1. The van der Waals surface area contributed by atoms with Crippen molar-refractivity contribution in [2.45, 2.75) is 25.0 Å². The molecule has 1 atom stereocenters. The van der Waals surface area contributed by atoms with Crippen molar-refractivity contribution in [3.63, 3.8) is 0 Å². The fourth-order valence-electron chi connectivity index (χ4n) is 4.19. The Labute approximate surface area is 189 Å². The van der Waals surface area contributed by atoms with Crippen LogP contribution in [0, 0.1) is 0 Å². The van der Waals surface area contributed by atoms with Gasteiger partial charge in [-0.3, -0.25) is 9.69 Å². The van der Waals surface area contributed by atoms with Crippen LogP contribution in [0.4, 0.5) is 0 Å². The molecule has 0 unspecified atom stereocenters. The zero-order valence-corrected chi connectivity index (χ0v) is 18.4. The first-order chi connectivity index (χ1) is 15.6. The van der Waals surface area contributed by atoms with Gasteiger partial charge >= 0.3 is 0 Å². The third kappa shape index (κ3) is 6.45. The highest BCUT2D eigenvalue weighted by atomic mass is 16.5. The van der Waals surface area contributed by atoms with E-state index in [2.05, 4.69) is 4.90 Å². The molecule has 2 aromatic rings. The largest absolute Gasteiger partial charge is 0.491 e. The molecule has 172 valence electrons. The maximum atomic E-state index is 12.2. The number of aliphatic hydroxyl groups is 1. The molecule has 0 bridgehead atoms. The smallest absolute Gasteiger partial charge is 0.260 e. The molecule has 2 fully saturated rings. The van der Waals surface area contributed by atoms with Crippen LogP contribution in [0.2, 0.25) is 0 Å². The molecule has 2 aromatic carbocycles. The van der Waals surface area contributed by atoms with Gasteiger partial charge in [-0.15, -0.1) is 0 Å². The van der Waals surface area contributed by atoms with Gasteiger partial charge in [-0.1, -0.05) is 30.3 Å². The maximum absolute atomic E-state index is 12.2. The maximum Gasteiger partial charge on any atom is 0.260 e. The molecule has 7 heteroatoms. The van der Waals surface area contributed by atoms with Crippen LogP contribution in [0.1, 0.15) is 18.4 Å². The molecular formula is C25H32N2O5. The van der Waals surface area contributed by atoms with Gasteiger partial charge in [0, 0.05) is 26.2 Å². The van der Waals surface area contributed by atoms with Crippen LogP contribution in [0.5, 0.6) is 11.5 Å². The normalized spacial score (nSPS) is 21.8. The molecule has 2 heterocycles. The number of morpholine rings is 1. The van der Waals surface area contributed by atoms with E-state index in [4.69, 9.17) is 14.2 Å². The summed E-state index contributed by atoms with van der Waals surface area (Å²) in [6.07, 6.45) is 1.67. The zero-order valence-electron chi connectivity index (χ0n) is 18.4. The summed E-state index contributed by atoms with van der Waals surface area (Å²) in [5.74, 6) is 1.45. The predicted octanol–water partition coefficient (Wildman–Crippen LogP) is 2.33. The van der Waals surface area contributed by atoms with E-state index in [9.17, 15) is 9.90 Å². The van der Waals surface area contributed by atoms with Crippen LogP contribution in [0.25, 0.3) is 0 Å². The van der Waals surface area contributed by atoms with Gasteiger partial charge in [0.25, 0.3) is 5.91 Å². The quantitative estimate of drug-likeness (QED) is 0.680. The standard InChI is InChI=1S/C25H32N2O5/c28-24(27-13-15-30-16-14-27)18-31-23-9-7-21(8-10-23)17-26-12-4-11-25(29,19-26)20-32-22-5-2-1-3-6-22/h1-3,5-10,29H,4,11-20H2/t25-/m1/s1. The molecule has 7 nitrogen and oxygen atoms in total. The minimum Gasteiger partial charge on any atom is -0.491 e. The van der Waals surface area contributed by atoms with Gasteiger partial charge in [0.05, 0.1) is 13.2 Å². The molecule has 0 aliphatic carbocycles. The van der Waals surface area contributed by atoms with Gasteiger partial charge in [0.2, 0.25) is 0 Å². The van der Waals surface area contributed by atoms with E-state index in [1.165, 1.54) is 0 Å². The molecular weight excluding hydrogens is 408 g/mol. The molecule has 32 heavy (non-hydrogen) atoms. The second-order valence-corrected chi connectivity index (χ2v) is 8.57. The van der Waals surface area contributed by atoms with Crippen molar-refractivity contribution in [1.29, 1.82) is 0 Å². The number of β-amino-alcohol motifs (C(OH)–C–C–N with tert-alkyl or cyclic N) is 1. The lowest BCUT2D eigenvalue weighted by Gasteiger charge is -2.39. The monoisotopic (exact) mass is 440 g/mol. The van der Waals surface area contributed by atoms with Crippen LogP contribution in [-0.2, 0) is 16.1 Å². The molecule has 0 spiro atoms. The lowest BCUT2D eigenvalue weighted by Crippen LogP contribution is -2.51. The number of hydrogen-bond donors (Lipinski definition) is 1. The summed E-state index contributed by atoms with van der Waals surface area (Å²) >= 11 is 0. The predicted molar refractivity (Wildman–Crippen MR) is 121 cm³/mol. The lowest BCUT2D eigenvalue weighted by molar-refractivity contribution is -0.137. The molecule has 4 rings (SSSR count). The summed E-state index contributed by atoms with van der Waals surface area (Å²) in [5, 5.41) is 11.0. The Bertz CT molecular complexity index is 854. The topological polar surface area (TPSA) is 71.5 Å². The van der Waals surface area contributed by atoms with Gasteiger partial charge in [-0.25, -0.2) is 0 Å². The fourth-order valence-corrected chi connectivity index (χ4v) is 4.19. The van der Waals surface area contributed by atoms with E-state index in [1.807, 2.05) is 54.6 Å². The van der Waals surface area contributed by atoms with Crippen molar-refractivity contribution in [1.82, 2.24) is 9.80 Å². The molecule has 2 aliphatic heterocycles. The first kappa shape index (κ1) is 22.6. The number of hydrogen-bond acceptors (Lipinski definition) is 6. The summed E-state index contributed by atoms with van der Waals surface area (Å²) in [6, 6.07) is 17.4. The molecule has 0 radical (unpaired) electrons. The third-order valence-electron chi connectivity index (χ3n) is 5.94. The van der Waals surface area contributed by atoms with Crippen LogP contribution < -0.4 is 9.47 Å². The van der Waals surface area contributed by atoms with Crippen LogP contribution in [-0.4, -0.2) is 79.0 Å². The molecule has 1 N–H and O–H groups in total. The molecule has 0 aromatic heterocycles. The number of ether oxygens (including phenoxy) is 3. The average molecular weight is 441 g/mol. The Balaban J connectivity index is 1.24. The molecule has 0 saturated carbocycles. The van der Waals surface area contributed by atoms with Gasteiger partial charge in [0.1, 0.15) is 23.7 Å². The summed E-state index contributed by atoms with van der Waals surface area (Å²) in [7, 11) is 0. The summed E-state index contributed by atoms with van der Waals surface area (Å²) in [6.45, 7) is 5.03. The van der Waals surface area contributed by atoms with Crippen molar-refractivity contribution in [3.8, 4) is 11.5 Å². The molecule has 2 saturated heterocycles. The van der Waals surface area contributed by atoms with E-state index in [-0.39, 0.29) is 19.1 Å². The highest BCUT2D eigenvalue weighted by molar-refractivity contribution is 5.77. The Hall–Kier alpha value is -2.61. The first-order valence-corrected chi connectivity index (χ1v) is 11.3. The van der Waals surface area contributed by atoms with Crippen molar-refractivity contribution >= 4 is 5.91 Å². The number of nitrogens with zero attached hydrogens (tertiary/aromatic N) is 2. The van der Waals surface area contributed by atoms with Gasteiger partial charge in [-0.05, 0) is 49.2 Å². The van der Waals surface area contributed by atoms with Crippen molar-refractivity contribution in [3.05, 3.63) is 60.2 Å². The highest BCUT2D eigenvalue weighted by Crippen LogP contribution is 2.24. The van der Waals surface area contributed by atoms with E-state index in [1.54, 1.807) is 4.90 Å². The number of benzene rings is 2. The number of para-hydroxylation sites is 1. The minimum absolute atomic E-state index is 0.0114. The zero-order chi connectivity index (χ0) is 22.2. The second-order valence-electron chi connectivity index (χ2n) is 8.57. The van der Waals surface area contributed by atoms with Gasteiger partial charge in [0.15, 0.2) is 6.61 Å². The number of carbonyl (C=O) groups excluding carboxylic acids is 1. The first-order valence-electron chi connectivity index (χ1n) is 11.3. The van der Waals surface area contributed by atoms with E-state index < -0.39 is 5.60 Å². The Morgan fingerprint density at radius 2 is 1.69 bits per heavy atom. The number of likely N-dealkylation sites (tertiary alicyclic amines) is 1. The van der Waals surface area contributed by atoms with Crippen LogP contribution in [0.3, 0.4) is 0 Å². The summed E-state index contributed by atoms with van der Waals surface area (Å²) in [5.41, 5.74) is 0.293. The van der Waals surface area contributed by atoms with E-state index in [0.717, 1.165) is 37.2 Å². The summed E-state index contributed by atoms with van der Waals surface area (Å²) < 4.78 is 16.8. The van der Waals surface area contributed by atoms with E-state index in [0.29, 0.717) is 38.6 Å². The number of carbonyl (C=O) groups is 1. The highest BCUT2D eigenvalue weighted by Gasteiger charge is 2.34. The lowest BCUT2D eigenvalue weighted by atomic mass is 9.93. The summed E-state index contributed by atoms with van der Waals surface area (Å²) in [4.78, 5) is 16.2. The van der Waals surface area contributed by atoms with Crippen molar-refractivity contribution < 1.29 is 24.1 Å². The van der Waals surface area contributed by atoms with Crippen molar-refractivity contribution in [2.24, 2.45) is 0 Å². The SMILES string of the molecule is O=C(COc1ccc(CN2CCC[C@](O)(COc3ccccc3)C2)cc1)N1CCOCC1. The Morgan fingerprint density at radius 1 is 0.969 bits per heavy atom. The Morgan fingerprint density at radius 3 is 2.44 bits per heavy atom. The van der Waals surface area contributed by atoms with Crippen LogP contribution >= 0.6 is 0 Å². The number of rotatable bonds is 8.